The van der Waals surface area contributed by atoms with Crippen molar-refractivity contribution in [1.82, 2.24) is 0 Å². The van der Waals surface area contributed by atoms with E-state index >= 15 is 0 Å². The van der Waals surface area contributed by atoms with Gasteiger partial charge in [0.05, 0.1) is 5.60 Å². The number of allylic oxidation sites excluding steroid dienone is 2. The highest BCUT2D eigenvalue weighted by Crippen LogP contribution is 2.68. The molecule has 1 N–H and O–H groups in total. The molecule has 0 unspecified atom stereocenters. The molecule has 4 aliphatic rings. The topological polar surface area (TPSA) is 37.3 Å². The lowest BCUT2D eigenvalue weighted by Gasteiger charge is -2.59. The molecule has 2 heteroatoms. The second-order valence-electron chi connectivity index (χ2n) is 10.6. The number of unbranched alkanes of at least 4 members (excludes halogenated alkanes) is 2. The average molecular weight is 371 g/mol. The zero-order chi connectivity index (χ0) is 19.4. The first-order valence-corrected chi connectivity index (χ1v) is 11.4. The van der Waals surface area contributed by atoms with Gasteiger partial charge in [-0.1, -0.05) is 52.2 Å². The summed E-state index contributed by atoms with van der Waals surface area (Å²) < 4.78 is 0. The van der Waals surface area contributed by atoms with Crippen LogP contribution in [0.2, 0.25) is 0 Å². The number of rotatable bonds is 4. The van der Waals surface area contributed by atoms with Crippen molar-refractivity contribution in [3.63, 3.8) is 0 Å². The minimum atomic E-state index is -0.474. The Balaban J connectivity index is 1.63. The standard InChI is InChI=1S/C25H38O2/c1-5-6-7-11-25(27)14-10-21-19-15-17(2)22-16-18(26)8-12-23(22,3)20(19)9-13-24(21,25)4/h16,19-21,27H,2,5-15H2,1,3-4H3/t19-,20+,21+,23-,24+,25-/m1/s1. The lowest BCUT2D eigenvalue weighted by Crippen LogP contribution is -2.55. The SMILES string of the molecule is C=C1C[C@@H]2[C@H](CC[C@@]3(C)[C@H]2CC[C@]3(O)CCCCC)[C@@]2(C)CCC(=O)C=C12. The molecule has 0 amide bonds. The summed E-state index contributed by atoms with van der Waals surface area (Å²) in [7, 11) is 0. The molecule has 0 aromatic heterocycles. The van der Waals surface area contributed by atoms with Gasteiger partial charge in [0.15, 0.2) is 5.78 Å². The summed E-state index contributed by atoms with van der Waals surface area (Å²) in [6, 6.07) is 0. The number of hydrogen-bond donors (Lipinski definition) is 1. The Morgan fingerprint density at radius 1 is 1.15 bits per heavy atom. The molecule has 0 spiro atoms. The predicted octanol–water partition coefficient (Wildman–Crippen LogP) is 6.00. The maximum Gasteiger partial charge on any atom is 0.156 e. The highest BCUT2D eigenvalue weighted by atomic mass is 16.3. The number of fused-ring (bicyclic) bond motifs is 5. The van der Waals surface area contributed by atoms with Gasteiger partial charge in [-0.25, -0.2) is 0 Å². The van der Waals surface area contributed by atoms with Gasteiger partial charge in [0.1, 0.15) is 0 Å². The van der Waals surface area contributed by atoms with Crippen molar-refractivity contribution < 1.29 is 9.90 Å². The summed E-state index contributed by atoms with van der Waals surface area (Å²) >= 11 is 0. The molecular weight excluding hydrogens is 332 g/mol. The quantitative estimate of drug-likeness (QED) is 0.617. The van der Waals surface area contributed by atoms with E-state index in [1.165, 1.54) is 36.8 Å². The molecular formula is C25H38O2. The van der Waals surface area contributed by atoms with E-state index in [4.69, 9.17) is 0 Å². The Morgan fingerprint density at radius 2 is 1.89 bits per heavy atom. The normalized spacial score (nSPS) is 46.5. The van der Waals surface area contributed by atoms with Gasteiger partial charge < -0.3 is 5.11 Å². The van der Waals surface area contributed by atoms with Crippen LogP contribution in [0, 0.1) is 28.6 Å². The van der Waals surface area contributed by atoms with Crippen LogP contribution in [-0.4, -0.2) is 16.5 Å². The van der Waals surface area contributed by atoms with Crippen molar-refractivity contribution in [2.24, 2.45) is 28.6 Å². The van der Waals surface area contributed by atoms with E-state index in [2.05, 4.69) is 27.4 Å². The van der Waals surface area contributed by atoms with Gasteiger partial charge in [0, 0.05) is 6.42 Å². The summed E-state index contributed by atoms with van der Waals surface area (Å²) in [5, 5.41) is 11.7. The summed E-state index contributed by atoms with van der Waals surface area (Å²) in [6.45, 7) is 11.5. The average Bonchev–Trinajstić information content (AvgIpc) is 2.89. The highest BCUT2D eigenvalue weighted by Gasteiger charge is 2.63. The van der Waals surface area contributed by atoms with Gasteiger partial charge in [-0.05, 0) is 85.2 Å². The van der Waals surface area contributed by atoms with Gasteiger partial charge in [0.25, 0.3) is 0 Å². The van der Waals surface area contributed by atoms with Crippen LogP contribution >= 0.6 is 0 Å². The van der Waals surface area contributed by atoms with E-state index in [0.717, 1.165) is 38.5 Å². The first kappa shape index (κ1) is 19.4. The highest BCUT2D eigenvalue weighted by molar-refractivity contribution is 5.92. The lowest BCUT2D eigenvalue weighted by atomic mass is 9.45. The van der Waals surface area contributed by atoms with Crippen LogP contribution in [-0.2, 0) is 4.79 Å². The molecule has 0 heterocycles. The van der Waals surface area contributed by atoms with E-state index in [-0.39, 0.29) is 16.6 Å². The molecule has 150 valence electrons. The van der Waals surface area contributed by atoms with Crippen molar-refractivity contribution in [2.75, 3.05) is 0 Å². The van der Waals surface area contributed by atoms with E-state index < -0.39 is 5.60 Å². The van der Waals surface area contributed by atoms with E-state index in [9.17, 15) is 9.90 Å². The van der Waals surface area contributed by atoms with Crippen molar-refractivity contribution in [3.8, 4) is 0 Å². The lowest BCUT2D eigenvalue weighted by molar-refractivity contribution is -0.129. The molecule has 4 aliphatic carbocycles. The number of carbonyl (C=O) groups excluding carboxylic acids is 1. The summed E-state index contributed by atoms with van der Waals surface area (Å²) in [5.41, 5.74) is 2.18. The summed E-state index contributed by atoms with van der Waals surface area (Å²) in [6.07, 6.45) is 13.7. The van der Waals surface area contributed by atoms with Gasteiger partial charge in [-0.2, -0.15) is 0 Å². The molecule has 6 atom stereocenters. The number of carbonyl (C=O) groups is 1. The van der Waals surface area contributed by atoms with Crippen LogP contribution in [0.1, 0.15) is 91.4 Å². The Morgan fingerprint density at radius 3 is 2.63 bits per heavy atom. The first-order chi connectivity index (χ1) is 12.7. The van der Waals surface area contributed by atoms with Crippen LogP contribution in [0.15, 0.2) is 23.8 Å². The molecule has 0 aromatic rings. The minimum absolute atomic E-state index is 0.0598. The Kier molecular flexibility index (Phi) is 4.73. The van der Waals surface area contributed by atoms with Crippen LogP contribution < -0.4 is 0 Å². The van der Waals surface area contributed by atoms with E-state index in [0.29, 0.717) is 24.2 Å². The van der Waals surface area contributed by atoms with Crippen molar-refractivity contribution >= 4 is 5.78 Å². The molecule has 4 rings (SSSR count). The molecule has 3 fully saturated rings. The molecule has 0 radical (unpaired) electrons. The fourth-order valence-corrected chi connectivity index (χ4v) is 7.75. The predicted molar refractivity (Wildman–Crippen MR) is 110 cm³/mol. The first-order valence-electron chi connectivity index (χ1n) is 11.4. The Bertz CT molecular complexity index is 676. The zero-order valence-electron chi connectivity index (χ0n) is 17.7. The molecule has 3 saturated carbocycles. The fraction of sp³-hybridized carbons (Fsp3) is 0.800. The van der Waals surface area contributed by atoms with E-state index in [1.807, 2.05) is 6.08 Å². The molecule has 0 bridgehead atoms. The third-order valence-electron chi connectivity index (χ3n) is 9.45. The van der Waals surface area contributed by atoms with Crippen LogP contribution in [0.25, 0.3) is 0 Å². The smallest absolute Gasteiger partial charge is 0.156 e. The van der Waals surface area contributed by atoms with Gasteiger partial charge in [-0.15, -0.1) is 0 Å². The fourth-order valence-electron chi connectivity index (χ4n) is 7.75. The largest absolute Gasteiger partial charge is 0.389 e. The Labute approximate surface area is 165 Å². The second-order valence-corrected chi connectivity index (χ2v) is 10.6. The van der Waals surface area contributed by atoms with Gasteiger partial charge in [-0.3, -0.25) is 4.79 Å². The zero-order valence-corrected chi connectivity index (χ0v) is 17.7. The molecule has 27 heavy (non-hydrogen) atoms. The number of hydrogen-bond acceptors (Lipinski definition) is 2. The number of ketones is 1. The number of aliphatic hydroxyl groups is 1. The Hall–Kier alpha value is -0.890. The maximum atomic E-state index is 12.1. The maximum absolute atomic E-state index is 12.1. The van der Waals surface area contributed by atoms with Crippen molar-refractivity contribution in [3.05, 3.63) is 23.8 Å². The summed E-state index contributed by atoms with van der Waals surface area (Å²) in [4.78, 5) is 12.1. The van der Waals surface area contributed by atoms with E-state index in [1.54, 1.807) is 0 Å². The third kappa shape index (κ3) is 2.73. The summed E-state index contributed by atoms with van der Waals surface area (Å²) in [5.74, 6) is 2.18. The monoisotopic (exact) mass is 370 g/mol. The van der Waals surface area contributed by atoms with Crippen molar-refractivity contribution in [1.29, 1.82) is 0 Å². The van der Waals surface area contributed by atoms with Gasteiger partial charge in [0.2, 0.25) is 0 Å². The van der Waals surface area contributed by atoms with Crippen LogP contribution in [0.3, 0.4) is 0 Å². The molecule has 2 nitrogen and oxygen atoms in total. The van der Waals surface area contributed by atoms with Crippen LogP contribution in [0.4, 0.5) is 0 Å². The van der Waals surface area contributed by atoms with Crippen molar-refractivity contribution in [2.45, 2.75) is 97.0 Å². The third-order valence-corrected chi connectivity index (χ3v) is 9.45. The molecule has 0 aliphatic heterocycles. The van der Waals surface area contributed by atoms with Gasteiger partial charge >= 0.3 is 0 Å². The second kappa shape index (κ2) is 6.58. The molecule has 0 saturated heterocycles. The minimum Gasteiger partial charge on any atom is -0.389 e. The molecule has 0 aromatic carbocycles. The van der Waals surface area contributed by atoms with Crippen LogP contribution in [0.5, 0.6) is 0 Å².